The van der Waals surface area contributed by atoms with E-state index in [0.717, 1.165) is 17.7 Å². The molecule has 0 spiro atoms. The second-order valence-corrected chi connectivity index (χ2v) is 6.17. The summed E-state index contributed by atoms with van der Waals surface area (Å²) in [7, 11) is 1.65. The molecule has 27 heavy (non-hydrogen) atoms. The van der Waals surface area contributed by atoms with Gasteiger partial charge in [-0.05, 0) is 37.1 Å². The minimum atomic E-state index is -0.244. The molecule has 2 aromatic carbocycles. The van der Waals surface area contributed by atoms with E-state index < -0.39 is 0 Å². The van der Waals surface area contributed by atoms with Gasteiger partial charge in [0.1, 0.15) is 0 Å². The second kappa shape index (κ2) is 11.5. The van der Waals surface area contributed by atoms with E-state index in [4.69, 9.17) is 4.74 Å². The van der Waals surface area contributed by atoms with Gasteiger partial charge in [-0.15, -0.1) is 12.4 Å². The molecule has 0 aliphatic carbocycles. The van der Waals surface area contributed by atoms with Crippen molar-refractivity contribution in [2.24, 2.45) is 0 Å². The van der Waals surface area contributed by atoms with Crippen LogP contribution in [0.15, 0.2) is 42.5 Å². The van der Waals surface area contributed by atoms with Gasteiger partial charge in [-0.25, -0.2) is 0 Å². The highest BCUT2D eigenvalue weighted by Crippen LogP contribution is 2.17. The molecule has 2 N–H and O–H groups in total. The van der Waals surface area contributed by atoms with Crippen LogP contribution < -0.4 is 10.6 Å². The minimum Gasteiger partial charge on any atom is -0.383 e. The van der Waals surface area contributed by atoms with Crippen molar-refractivity contribution in [2.45, 2.75) is 13.8 Å². The summed E-state index contributed by atoms with van der Waals surface area (Å²) >= 11 is 0. The van der Waals surface area contributed by atoms with Gasteiger partial charge in [-0.2, -0.15) is 0 Å². The molecule has 0 aromatic heterocycles. The van der Waals surface area contributed by atoms with Gasteiger partial charge in [0.25, 0.3) is 5.91 Å². The van der Waals surface area contributed by atoms with E-state index in [-0.39, 0.29) is 24.1 Å². The van der Waals surface area contributed by atoms with E-state index in [9.17, 15) is 9.59 Å². The summed E-state index contributed by atoms with van der Waals surface area (Å²) in [6, 6.07) is 12.5. The van der Waals surface area contributed by atoms with E-state index in [1.54, 1.807) is 37.4 Å². The van der Waals surface area contributed by atoms with Crippen molar-refractivity contribution in [3.05, 3.63) is 70.3 Å². The number of methoxy groups -OCH3 is 1. The van der Waals surface area contributed by atoms with Crippen LogP contribution in [-0.4, -0.2) is 45.0 Å². The zero-order chi connectivity index (χ0) is 18.9. The van der Waals surface area contributed by atoms with Crippen molar-refractivity contribution in [2.75, 3.05) is 33.4 Å². The van der Waals surface area contributed by atoms with Crippen molar-refractivity contribution in [1.29, 1.82) is 0 Å². The first-order valence-electron chi connectivity index (χ1n) is 8.73. The van der Waals surface area contributed by atoms with E-state index in [2.05, 4.69) is 10.6 Å². The van der Waals surface area contributed by atoms with Crippen molar-refractivity contribution < 1.29 is 14.3 Å². The summed E-state index contributed by atoms with van der Waals surface area (Å²) in [6.45, 7) is 6.46. The van der Waals surface area contributed by atoms with Crippen molar-refractivity contribution in [3.8, 4) is 0 Å². The molecule has 1 amide bonds. The van der Waals surface area contributed by atoms with Crippen LogP contribution in [0.3, 0.4) is 0 Å². The molecule has 0 saturated carbocycles. The molecule has 2 rings (SSSR count). The van der Waals surface area contributed by atoms with Gasteiger partial charge in [0.05, 0.1) is 12.2 Å². The number of rotatable bonds is 9. The fourth-order valence-corrected chi connectivity index (χ4v) is 2.58. The highest BCUT2D eigenvalue weighted by Gasteiger charge is 2.18. The van der Waals surface area contributed by atoms with Gasteiger partial charge < -0.3 is 15.4 Å². The molecule has 0 radical (unpaired) electrons. The molecular formula is C21H27ClN2O3. The third kappa shape index (κ3) is 6.47. The largest absolute Gasteiger partial charge is 0.383 e. The lowest BCUT2D eigenvalue weighted by atomic mass is 9.95. The number of hydrogen-bond acceptors (Lipinski definition) is 4. The van der Waals surface area contributed by atoms with E-state index >= 15 is 0 Å². The monoisotopic (exact) mass is 390 g/mol. The molecule has 5 nitrogen and oxygen atoms in total. The molecule has 0 saturated heterocycles. The molecule has 146 valence electrons. The number of carbonyl (C=O) groups is 2. The Bertz CT molecular complexity index is 778. The maximum atomic E-state index is 12.9. The van der Waals surface area contributed by atoms with Gasteiger partial charge in [-0.1, -0.05) is 30.3 Å². The predicted octanol–water partition coefficient (Wildman–Crippen LogP) is 2.92. The van der Waals surface area contributed by atoms with Crippen molar-refractivity contribution in [1.82, 2.24) is 10.6 Å². The number of ether oxygens (including phenoxy) is 1. The Hall–Kier alpha value is -2.21. The smallest absolute Gasteiger partial charge is 0.252 e. The summed E-state index contributed by atoms with van der Waals surface area (Å²) in [5, 5.41) is 6.01. The highest BCUT2D eigenvalue weighted by molar-refractivity contribution is 6.15. The number of ketones is 1. The Morgan fingerprint density at radius 2 is 1.63 bits per heavy atom. The van der Waals surface area contributed by atoms with Gasteiger partial charge in [0.15, 0.2) is 5.78 Å². The third-order valence-electron chi connectivity index (χ3n) is 4.26. The summed E-state index contributed by atoms with van der Waals surface area (Å²) in [5.74, 6) is -0.386. The molecule has 6 heteroatoms. The molecule has 0 aliphatic rings. The van der Waals surface area contributed by atoms with Crippen LogP contribution in [0.25, 0.3) is 0 Å². The number of hydrogen-bond donors (Lipinski definition) is 2. The lowest BCUT2D eigenvalue weighted by molar-refractivity contribution is 0.0942. The maximum Gasteiger partial charge on any atom is 0.252 e. The molecule has 0 atom stereocenters. The summed E-state index contributed by atoms with van der Waals surface area (Å²) in [5.41, 5.74) is 3.59. The molecular weight excluding hydrogens is 364 g/mol. The van der Waals surface area contributed by atoms with Gasteiger partial charge in [-0.3, -0.25) is 9.59 Å². The maximum absolute atomic E-state index is 12.9. The molecule has 0 bridgehead atoms. The van der Waals surface area contributed by atoms with Crippen LogP contribution in [0.5, 0.6) is 0 Å². The quantitative estimate of drug-likeness (QED) is 0.510. The minimum absolute atomic E-state index is 0. The lowest BCUT2D eigenvalue weighted by Crippen LogP contribution is -2.33. The van der Waals surface area contributed by atoms with Crippen LogP contribution in [0, 0.1) is 13.8 Å². The first kappa shape index (κ1) is 22.8. The van der Waals surface area contributed by atoms with Gasteiger partial charge in [0, 0.05) is 37.9 Å². The molecule has 0 unspecified atom stereocenters. The number of carbonyl (C=O) groups excluding carboxylic acids is 2. The van der Waals surface area contributed by atoms with E-state index in [1.807, 2.05) is 26.0 Å². The first-order valence-corrected chi connectivity index (χ1v) is 8.73. The molecule has 0 aliphatic heterocycles. The number of aryl methyl sites for hydroxylation is 2. The van der Waals surface area contributed by atoms with Crippen LogP contribution in [0.1, 0.15) is 37.4 Å². The summed E-state index contributed by atoms with van der Waals surface area (Å²) in [4.78, 5) is 25.4. The second-order valence-electron chi connectivity index (χ2n) is 6.17. The van der Waals surface area contributed by atoms with Gasteiger partial charge >= 0.3 is 0 Å². The highest BCUT2D eigenvalue weighted by atomic mass is 35.5. The number of halogens is 1. The SMILES string of the molecule is COCCNCCNC(=O)c1ccccc1C(=O)c1ccc(C)c(C)c1.Cl. The average Bonchev–Trinajstić information content (AvgIpc) is 2.66. The van der Waals surface area contributed by atoms with Crippen LogP contribution >= 0.6 is 12.4 Å². The molecule has 0 fully saturated rings. The van der Waals surface area contributed by atoms with Crippen molar-refractivity contribution in [3.63, 3.8) is 0 Å². The van der Waals surface area contributed by atoms with Crippen LogP contribution in [0.2, 0.25) is 0 Å². The summed E-state index contributed by atoms with van der Waals surface area (Å²) < 4.78 is 4.95. The first-order chi connectivity index (χ1) is 12.5. The Labute approximate surface area is 166 Å². The van der Waals surface area contributed by atoms with Crippen molar-refractivity contribution >= 4 is 24.1 Å². The molecule has 2 aromatic rings. The third-order valence-corrected chi connectivity index (χ3v) is 4.26. The fraction of sp³-hybridized carbons (Fsp3) is 0.333. The Morgan fingerprint density at radius 1 is 0.926 bits per heavy atom. The molecule has 0 heterocycles. The topological polar surface area (TPSA) is 67.4 Å². The van der Waals surface area contributed by atoms with E-state index in [0.29, 0.717) is 36.4 Å². The van der Waals surface area contributed by atoms with Gasteiger partial charge in [0.2, 0.25) is 0 Å². The predicted molar refractivity (Wildman–Crippen MR) is 110 cm³/mol. The van der Waals surface area contributed by atoms with E-state index in [1.165, 1.54) is 0 Å². The number of benzene rings is 2. The number of amides is 1. The average molecular weight is 391 g/mol. The lowest BCUT2D eigenvalue weighted by Gasteiger charge is -2.11. The fourth-order valence-electron chi connectivity index (χ4n) is 2.58. The Morgan fingerprint density at radius 3 is 2.30 bits per heavy atom. The standard InChI is InChI=1S/C21H26N2O3.ClH/c1-15-8-9-17(14-16(15)2)20(24)18-6-4-5-7-19(18)21(25)23-11-10-22-12-13-26-3;/h4-9,14,22H,10-13H2,1-3H3,(H,23,25);1H. The zero-order valence-corrected chi connectivity index (χ0v) is 16.8. The zero-order valence-electron chi connectivity index (χ0n) is 16.0. The van der Waals surface area contributed by atoms with Crippen LogP contribution in [-0.2, 0) is 4.74 Å². The number of nitrogens with one attached hydrogen (secondary N) is 2. The summed E-state index contributed by atoms with van der Waals surface area (Å²) in [6.07, 6.45) is 0. The Balaban J connectivity index is 0.00000364. The normalized spacial score (nSPS) is 10.2. The Kier molecular flexibility index (Phi) is 9.72. The van der Waals surface area contributed by atoms with Crippen LogP contribution in [0.4, 0.5) is 0 Å².